The number of carbonyl (C=O) groups is 1. The highest BCUT2D eigenvalue weighted by molar-refractivity contribution is 5.96. The average Bonchev–Trinajstić information content (AvgIpc) is 2.44. The quantitative estimate of drug-likeness (QED) is 0.367. The Balaban J connectivity index is 2.15. The summed E-state index contributed by atoms with van der Waals surface area (Å²) in [5, 5.41) is 0. The first kappa shape index (κ1) is 16.7. The molecule has 0 fully saturated rings. The zero-order chi connectivity index (χ0) is 14.8. The number of ketones is 1. The second-order valence-electron chi connectivity index (χ2n) is 5.38. The minimum Gasteiger partial charge on any atom is -0.396 e. The number of carbonyl (C=O) groups excluding carboxylic acids is 1. The van der Waals surface area contributed by atoms with Crippen LogP contribution in [0.3, 0.4) is 0 Å². The molecule has 0 bridgehead atoms. The van der Waals surface area contributed by atoms with Crippen molar-refractivity contribution in [2.45, 2.75) is 64.7 Å². The van der Waals surface area contributed by atoms with Crippen molar-refractivity contribution in [3.63, 3.8) is 0 Å². The molecule has 0 heterocycles. The zero-order valence-electron chi connectivity index (χ0n) is 12.5. The van der Waals surface area contributed by atoms with E-state index in [1.54, 1.807) is 6.07 Å². The first-order valence-corrected chi connectivity index (χ1v) is 7.73. The Morgan fingerprint density at radius 1 is 1.05 bits per heavy atom. The number of anilines is 1. The summed E-state index contributed by atoms with van der Waals surface area (Å²) < 4.78 is 13.3. The molecule has 0 unspecified atom stereocenters. The standard InChI is InChI=1S/C17H26FNO/c1-2-3-4-5-6-7-8-9-10-17(20)14-11-12-16(19)15(18)13-14/h11-13H,2-10,19H2,1H3. The van der Waals surface area contributed by atoms with Gasteiger partial charge in [-0.15, -0.1) is 0 Å². The van der Waals surface area contributed by atoms with E-state index >= 15 is 0 Å². The van der Waals surface area contributed by atoms with Gasteiger partial charge in [-0.1, -0.05) is 51.9 Å². The molecule has 0 amide bonds. The fraction of sp³-hybridized carbons (Fsp3) is 0.588. The van der Waals surface area contributed by atoms with Crippen molar-refractivity contribution in [3.05, 3.63) is 29.6 Å². The van der Waals surface area contributed by atoms with Crippen LogP contribution >= 0.6 is 0 Å². The van der Waals surface area contributed by atoms with Crippen molar-refractivity contribution < 1.29 is 9.18 Å². The van der Waals surface area contributed by atoms with Crippen LogP contribution in [0.1, 0.15) is 75.1 Å². The number of unbranched alkanes of at least 4 members (excludes halogenated alkanes) is 7. The normalized spacial score (nSPS) is 10.7. The van der Waals surface area contributed by atoms with Gasteiger partial charge in [-0.2, -0.15) is 0 Å². The highest BCUT2D eigenvalue weighted by atomic mass is 19.1. The predicted molar refractivity (Wildman–Crippen MR) is 82.4 cm³/mol. The van der Waals surface area contributed by atoms with Gasteiger partial charge < -0.3 is 5.73 Å². The van der Waals surface area contributed by atoms with E-state index in [1.807, 2.05) is 0 Å². The minimum absolute atomic E-state index is 0.00915. The highest BCUT2D eigenvalue weighted by Crippen LogP contribution is 2.15. The maximum Gasteiger partial charge on any atom is 0.162 e. The Hall–Kier alpha value is -1.38. The molecular weight excluding hydrogens is 253 g/mol. The summed E-state index contributed by atoms with van der Waals surface area (Å²) in [6.07, 6.45) is 10.1. The fourth-order valence-electron chi connectivity index (χ4n) is 2.26. The molecule has 0 aliphatic carbocycles. The monoisotopic (exact) mass is 279 g/mol. The van der Waals surface area contributed by atoms with E-state index in [2.05, 4.69) is 6.92 Å². The Labute approximate surface area is 121 Å². The molecule has 0 aromatic heterocycles. The maximum atomic E-state index is 13.3. The summed E-state index contributed by atoms with van der Waals surface area (Å²) in [7, 11) is 0. The van der Waals surface area contributed by atoms with Crippen LogP contribution in [0.15, 0.2) is 18.2 Å². The first-order chi connectivity index (χ1) is 9.65. The van der Waals surface area contributed by atoms with Crippen LogP contribution in [0.2, 0.25) is 0 Å². The second kappa shape index (κ2) is 9.51. The predicted octanol–water partition coefficient (Wildman–Crippen LogP) is 5.12. The molecule has 2 nitrogen and oxygen atoms in total. The van der Waals surface area contributed by atoms with Gasteiger partial charge in [0.1, 0.15) is 5.82 Å². The smallest absolute Gasteiger partial charge is 0.162 e. The van der Waals surface area contributed by atoms with Gasteiger partial charge in [0.05, 0.1) is 5.69 Å². The molecule has 0 saturated carbocycles. The second-order valence-corrected chi connectivity index (χ2v) is 5.38. The molecule has 0 aliphatic rings. The summed E-state index contributed by atoms with van der Waals surface area (Å²) in [5.74, 6) is -0.498. The lowest BCUT2D eigenvalue weighted by Gasteiger charge is -2.03. The van der Waals surface area contributed by atoms with Gasteiger partial charge in [-0.25, -0.2) is 4.39 Å². The van der Waals surface area contributed by atoms with Crippen molar-refractivity contribution in [2.24, 2.45) is 0 Å². The lowest BCUT2D eigenvalue weighted by Crippen LogP contribution is -2.01. The number of halogens is 1. The third-order valence-corrected chi connectivity index (χ3v) is 3.58. The SMILES string of the molecule is CCCCCCCCCCC(=O)c1ccc(N)c(F)c1. The van der Waals surface area contributed by atoms with Crippen molar-refractivity contribution in [2.75, 3.05) is 5.73 Å². The van der Waals surface area contributed by atoms with Crippen LogP contribution in [0, 0.1) is 5.82 Å². The highest BCUT2D eigenvalue weighted by Gasteiger charge is 2.08. The van der Waals surface area contributed by atoms with Gasteiger partial charge in [0, 0.05) is 12.0 Å². The van der Waals surface area contributed by atoms with Crippen LogP contribution in [0.25, 0.3) is 0 Å². The topological polar surface area (TPSA) is 43.1 Å². The Kier molecular flexibility index (Phi) is 7.93. The summed E-state index contributed by atoms with van der Waals surface area (Å²) in [6, 6.07) is 4.30. The molecule has 0 radical (unpaired) electrons. The van der Waals surface area contributed by atoms with Gasteiger partial charge >= 0.3 is 0 Å². The molecule has 1 rings (SSSR count). The van der Waals surface area contributed by atoms with E-state index in [0.29, 0.717) is 12.0 Å². The van der Waals surface area contributed by atoms with Gasteiger partial charge in [0.15, 0.2) is 5.78 Å². The number of rotatable bonds is 10. The zero-order valence-corrected chi connectivity index (χ0v) is 12.5. The van der Waals surface area contributed by atoms with Crippen LogP contribution < -0.4 is 5.73 Å². The molecule has 0 spiro atoms. The minimum atomic E-state index is -0.508. The first-order valence-electron chi connectivity index (χ1n) is 7.73. The van der Waals surface area contributed by atoms with E-state index in [-0.39, 0.29) is 11.5 Å². The number of nitrogens with two attached hydrogens (primary N) is 1. The molecule has 1 aromatic rings. The molecule has 0 aliphatic heterocycles. The van der Waals surface area contributed by atoms with E-state index in [4.69, 9.17) is 5.73 Å². The summed E-state index contributed by atoms with van der Waals surface area (Å²) in [4.78, 5) is 11.9. The summed E-state index contributed by atoms with van der Waals surface area (Å²) >= 11 is 0. The Morgan fingerprint density at radius 2 is 1.65 bits per heavy atom. The molecule has 20 heavy (non-hydrogen) atoms. The molecule has 0 atom stereocenters. The van der Waals surface area contributed by atoms with Crippen LogP contribution in [-0.2, 0) is 0 Å². The molecule has 2 N–H and O–H groups in total. The summed E-state index contributed by atoms with van der Waals surface area (Å²) in [6.45, 7) is 2.21. The van der Waals surface area contributed by atoms with E-state index < -0.39 is 5.82 Å². The summed E-state index contributed by atoms with van der Waals surface area (Å²) in [5.41, 5.74) is 5.91. The van der Waals surface area contributed by atoms with Crippen molar-refractivity contribution in [3.8, 4) is 0 Å². The number of nitrogen functional groups attached to an aromatic ring is 1. The van der Waals surface area contributed by atoms with E-state index in [1.165, 1.54) is 50.7 Å². The molecule has 112 valence electrons. The van der Waals surface area contributed by atoms with Crippen LogP contribution in [-0.4, -0.2) is 5.78 Å². The number of hydrogen-bond acceptors (Lipinski definition) is 2. The molecular formula is C17H26FNO. The maximum absolute atomic E-state index is 13.3. The van der Waals surface area contributed by atoms with Gasteiger partial charge in [0.25, 0.3) is 0 Å². The van der Waals surface area contributed by atoms with E-state index in [9.17, 15) is 9.18 Å². The number of hydrogen-bond donors (Lipinski definition) is 1. The van der Waals surface area contributed by atoms with Crippen molar-refractivity contribution >= 4 is 11.5 Å². The molecule has 0 saturated heterocycles. The van der Waals surface area contributed by atoms with Gasteiger partial charge in [-0.05, 0) is 24.6 Å². The van der Waals surface area contributed by atoms with Crippen LogP contribution in [0.4, 0.5) is 10.1 Å². The van der Waals surface area contributed by atoms with Crippen molar-refractivity contribution in [1.82, 2.24) is 0 Å². The number of benzene rings is 1. The molecule has 3 heteroatoms. The Morgan fingerprint density at radius 3 is 2.25 bits per heavy atom. The van der Waals surface area contributed by atoms with Crippen LogP contribution in [0.5, 0.6) is 0 Å². The van der Waals surface area contributed by atoms with Gasteiger partial charge in [0.2, 0.25) is 0 Å². The lowest BCUT2D eigenvalue weighted by atomic mass is 10.0. The average molecular weight is 279 g/mol. The van der Waals surface area contributed by atoms with Gasteiger partial charge in [-0.3, -0.25) is 4.79 Å². The largest absolute Gasteiger partial charge is 0.396 e. The fourth-order valence-corrected chi connectivity index (χ4v) is 2.26. The Bertz CT molecular complexity index is 417. The third kappa shape index (κ3) is 6.18. The molecule has 1 aromatic carbocycles. The lowest BCUT2D eigenvalue weighted by molar-refractivity contribution is 0.0978. The third-order valence-electron chi connectivity index (χ3n) is 3.58. The number of Topliss-reactive ketones (excluding diaryl/α,β-unsaturated/α-hetero) is 1. The van der Waals surface area contributed by atoms with E-state index in [0.717, 1.165) is 12.8 Å². The van der Waals surface area contributed by atoms with Crippen molar-refractivity contribution in [1.29, 1.82) is 0 Å².